The monoisotopic (exact) mass is 300 g/mol. The second-order valence-corrected chi connectivity index (χ2v) is 6.20. The maximum Gasteiger partial charge on any atom is 0.152 e. The number of nitrogens with zero attached hydrogens (tertiary/aromatic N) is 1. The molecule has 2 nitrogen and oxygen atoms in total. The summed E-state index contributed by atoms with van der Waals surface area (Å²) in [5.41, 5.74) is 3.58. The number of pyridine rings is 1. The van der Waals surface area contributed by atoms with E-state index in [-0.39, 0.29) is 0 Å². The molecule has 2 atom stereocenters. The van der Waals surface area contributed by atoms with Crippen LogP contribution in [0.25, 0.3) is 0 Å². The van der Waals surface area contributed by atoms with Crippen molar-refractivity contribution >= 4 is 17.3 Å². The van der Waals surface area contributed by atoms with Crippen molar-refractivity contribution in [2.45, 2.75) is 44.6 Å². The number of aromatic nitrogens is 1. The molecule has 1 aromatic carbocycles. The second-order valence-electron chi connectivity index (χ2n) is 5.85. The van der Waals surface area contributed by atoms with Crippen LogP contribution in [0.15, 0.2) is 42.6 Å². The molecule has 1 aliphatic rings. The molecule has 1 aliphatic carbocycles. The van der Waals surface area contributed by atoms with Crippen molar-refractivity contribution in [3.05, 3.63) is 58.9 Å². The highest BCUT2D eigenvalue weighted by atomic mass is 35.5. The smallest absolute Gasteiger partial charge is 0.152 e. The van der Waals surface area contributed by atoms with E-state index in [1.807, 2.05) is 6.07 Å². The molecule has 0 aliphatic heterocycles. The van der Waals surface area contributed by atoms with Crippen LogP contribution in [0.2, 0.25) is 5.15 Å². The van der Waals surface area contributed by atoms with Gasteiger partial charge in [-0.1, -0.05) is 54.8 Å². The Balaban J connectivity index is 1.85. The number of anilines is 1. The van der Waals surface area contributed by atoms with Crippen LogP contribution in [0.5, 0.6) is 0 Å². The maximum atomic E-state index is 6.27. The molecule has 1 N–H and O–H groups in total. The Hall–Kier alpha value is -1.54. The molecule has 0 radical (unpaired) electrons. The molecule has 2 unspecified atom stereocenters. The number of halogens is 1. The predicted molar refractivity (Wildman–Crippen MR) is 89.0 cm³/mol. The van der Waals surface area contributed by atoms with Gasteiger partial charge in [0.05, 0.1) is 5.69 Å². The number of aryl methyl sites for hydroxylation is 1. The van der Waals surface area contributed by atoms with Crippen LogP contribution in [-0.4, -0.2) is 11.0 Å². The minimum Gasteiger partial charge on any atom is -0.379 e. The van der Waals surface area contributed by atoms with E-state index in [9.17, 15) is 0 Å². The zero-order valence-electron chi connectivity index (χ0n) is 12.3. The van der Waals surface area contributed by atoms with Crippen LogP contribution < -0.4 is 5.32 Å². The Bertz CT molecular complexity index is 577. The van der Waals surface area contributed by atoms with E-state index in [1.165, 1.54) is 31.2 Å². The molecule has 21 heavy (non-hydrogen) atoms. The van der Waals surface area contributed by atoms with Crippen molar-refractivity contribution in [2.75, 3.05) is 5.32 Å². The van der Waals surface area contributed by atoms with Crippen molar-refractivity contribution in [2.24, 2.45) is 0 Å². The van der Waals surface area contributed by atoms with Gasteiger partial charge in [0.2, 0.25) is 0 Å². The van der Waals surface area contributed by atoms with E-state index in [1.54, 1.807) is 6.20 Å². The number of hydrogen-bond acceptors (Lipinski definition) is 2. The molecule has 0 spiro atoms. The van der Waals surface area contributed by atoms with E-state index in [4.69, 9.17) is 11.6 Å². The fourth-order valence-corrected chi connectivity index (χ4v) is 3.55. The molecule has 3 heteroatoms. The fraction of sp³-hybridized carbons (Fsp3) is 0.389. The van der Waals surface area contributed by atoms with Crippen molar-refractivity contribution < 1.29 is 0 Å². The molecule has 2 aromatic rings. The van der Waals surface area contributed by atoms with Gasteiger partial charge in [-0.15, -0.1) is 0 Å². The van der Waals surface area contributed by atoms with Crippen molar-refractivity contribution in [3.63, 3.8) is 0 Å². The van der Waals surface area contributed by atoms with E-state index >= 15 is 0 Å². The Kier molecular flexibility index (Phi) is 4.45. The molecule has 1 fully saturated rings. The number of benzene rings is 1. The standard InChI is InChI=1S/C18H21ClN2/c1-13-11-12-20-18(19)17(13)21-16-10-6-5-9-15(16)14-7-3-2-4-8-14/h2-4,7-8,11-12,15-16,21H,5-6,9-10H2,1H3. The van der Waals surface area contributed by atoms with Gasteiger partial charge in [-0.25, -0.2) is 4.98 Å². The summed E-state index contributed by atoms with van der Waals surface area (Å²) in [6.45, 7) is 2.08. The average molecular weight is 301 g/mol. The summed E-state index contributed by atoms with van der Waals surface area (Å²) < 4.78 is 0. The normalized spacial score (nSPS) is 22.0. The van der Waals surface area contributed by atoms with E-state index in [0.29, 0.717) is 17.1 Å². The van der Waals surface area contributed by atoms with Crippen molar-refractivity contribution in [3.8, 4) is 0 Å². The first-order valence-corrected chi connectivity index (χ1v) is 8.06. The Morgan fingerprint density at radius 2 is 1.86 bits per heavy atom. The average Bonchev–Trinajstić information content (AvgIpc) is 2.52. The summed E-state index contributed by atoms with van der Waals surface area (Å²) in [5.74, 6) is 0.552. The summed E-state index contributed by atoms with van der Waals surface area (Å²) in [4.78, 5) is 4.21. The van der Waals surface area contributed by atoms with E-state index in [2.05, 4.69) is 47.6 Å². The molecule has 3 rings (SSSR count). The highest BCUT2D eigenvalue weighted by Gasteiger charge is 2.27. The topological polar surface area (TPSA) is 24.9 Å². The van der Waals surface area contributed by atoms with Gasteiger partial charge >= 0.3 is 0 Å². The highest BCUT2D eigenvalue weighted by Crippen LogP contribution is 2.36. The van der Waals surface area contributed by atoms with Gasteiger partial charge in [-0.2, -0.15) is 0 Å². The first kappa shape index (κ1) is 14.4. The van der Waals surface area contributed by atoms with Crippen LogP contribution >= 0.6 is 11.6 Å². The highest BCUT2D eigenvalue weighted by molar-refractivity contribution is 6.32. The van der Waals surface area contributed by atoms with Crippen LogP contribution in [0, 0.1) is 6.92 Å². The van der Waals surface area contributed by atoms with Gasteiger partial charge in [-0.3, -0.25) is 0 Å². The lowest BCUT2D eigenvalue weighted by molar-refractivity contribution is 0.405. The molecule has 0 saturated heterocycles. The minimum absolute atomic E-state index is 0.432. The zero-order chi connectivity index (χ0) is 14.7. The summed E-state index contributed by atoms with van der Waals surface area (Å²) in [6, 6.07) is 13.3. The summed E-state index contributed by atoms with van der Waals surface area (Å²) in [6.07, 6.45) is 6.76. The lowest BCUT2D eigenvalue weighted by atomic mass is 9.80. The summed E-state index contributed by atoms with van der Waals surface area (Å²) >= 11 is 6.27. The first-order chi connectivity index (χ1) is 10.3. The molecule has 1 saturated carbocycles. The Morgan fingerprint density at radius 1 is 1.10 bits per heavy atom. The maximum absolute atomic E-state index is 6.27. The third-order valence-electron chi connectivity index (χ3n) is 4.44. The predicted octanol–water partition coefficient (Wildman–Crippen LogP) is 5.18. The molecular weight excluding hydrogens is 280 g/mol. The Labute approximate surface area is 131 Å². The van der Waals surface area contributed by atoms with Gasteiger partial charge in [0.25, 0.3) is 0 Å². The molecule has 0 amide bonds. The van der Waals surface area contributed by atoms with Crippen molar-refractivity contribution in [1.29, 1.82) is 0 Å². The van der Waals surface area contributed by atoms with E-state index in [0.717, 1.165) is 11.3 Å². The molecule has 1 heterocycles. The van der Waals surface area contributed by atoms with E-state index < -0.39 is 0 Å². The van der Waals surface area contributed by atoms with Gasteiger partial charge < -0.3 is 5.32 Å². The molecule has 110 valence electrons. The molecular formula is C18H21ClN2. The lowest BCUT2D eigenvalue weighted by Gasteiger charge is -2.34. The van der Waals surface area contributed by atoms with Crippen LogP contribution in [-0.2, 0) is 0 Å². The van der Waals surface area contributed by atoms with Crippen LogP contribution in [0.1, 0.15) is 42.7 Å². The second kappa shape index (κ2) is 6.48. The number of hydrogen-bond donors (Lipinski definition) is 1. The Morgan fingerprint density at radius 3 is 2.62 bits per heavy atom. The zero-order valence-corrected chi connectivity index (χ0v) is 13.1. The van der Waals surface area contributed by atoms with Crippen molar-refractivity contribution in [1.82, 2.24) is 4.98 Å². The summed E-state index contributed by atoms with van der Waals surface area (Å²) in [7, 11) is 0. The number of nitrogens with one attached hydrogen (secondary N) is 1. The minimum atomic E-state index is 0.432. The van der Waals surface area contributed by atoms with Crippen LogP contribution in [0.3, 0.4) is 0 Å². The first-order valence-electron chi connectivity index (χ1n) is 7.68. The fourth-order valence-electron chi connectivity index (χ4n) is 3.29. The lowest BCUT2D eigenvalue weighted by Crippen LogP contribution is -2.31. The third-order valence-corrected chi connectivity index (χ3v) is 4.72. The SMILES string of the molecule is Cc1ccnc(Cl)c1NC1CCCCC1c1ccccc1. The third kappa shape index (κ3) is 3.21. The van der Waals surface area contributed by atoms with Crippen LogP contribution in [0.4, 0.5) is 5.69 Å². The summed E-state index contributed by atoms with van der Waals surface area (Å²) in [5, 5.41) is 4.25. The number of rotatable bonds is 3. The van der Waals surface area contributed by atoms with Gasteiger partial charge in [-0.05, 0) is 37.0 Å². The quantitative estimate of drug-likeness (QED) is 0.790. The van der Waals surface area contributed by atoms with Gasteiger partial charge in [0, 0.05) is 18.2 Å². The van der Waals surface area contributed by atoms with Gasteiger partial charge in [0.15, 0.2) is 5.15 Å². The molecule has 0 bridgehead atoms. The molecule has 1 aromatic heterocycles. The largest absolute Gasteiger partial charge is 0.379 e. The van der Waals surface area contributed by atoms with Gasteiger partial charge in [0.1, 0.15) is 0 Å².